The van der Waals surface area contributed by atoms with E-state index in [4.69, 9.17) is 4.43 Å². The molecule has 0 spiro atoms. The van der Waals surface area contributed by atoms with Gasteiger partial charge < -0.3 is 4.43 Å². The third kappa shape index (κ3) is 8.40. The van der Waals surface area contributed by atoms with Crippen LogP contribution in [0.2, 0.25) is 18.1 Å². The van der Waals surface area contributed by atoms with Crippen molar-refractivity contribution in [3.63, 3.8) is 0 Å². The highest BCUT2D eigenvalue weighted by molar-refractivity contribution is 6.73. The summed E-state index contributed by atoms with van der Waals surface area (Å²) >= 11 is 0. The van der Waals surface area contributed by atoms with E-state index in [-0.39, 0.29) is 0 Å². The van der Waals surface area contributed by atoms with E-state index in [2.05, 4.69) is 41.5 Å². The molecule has 0 radical (unpaired) electrons. The van der Waals surface area contributed by atoms with Gasteiger partial charge in [0.2, 0.25) is 0 Å². The first-order valence-corrected chi connectivity index (χ1v) is 12.3. The zero-order chi connectivity index (χ0) is 16.1. The zero-order valence-corrected chi connectivity index (χ0v) is 16.8. The molecule has 0 aromatic carbocycles. The quantitative estimate of drug-likeness (QED) is 0.309. The highest BCUT2D eigenvalue weighted by Crippen LogP contribution is 2.31. The van der Waals surface area contributed by atoms with Crippen LogP contribution in [0.15, 0.2) is 0 Å². The van der Waals surface area contributed by atoms with Gasteiger partial charge in [0, 0.05) is 6.10 Å². The highest BCUT2D eigenvalue weighted by atomic mass is 28.4. The lowest BCUT2D eigenvalue weighted by atomic mass is 9.95. The molecule has 2 heteroatoms. The predicted octanol–water partition coefficient (Wildman–Crippen LogP) is 7.17. The van der Waals surface area contributed by atoms with E-state index in [1.165, 1.54) is 69.5 Å². The van der Waals surface area contributed by atoms with Crippen LogP contribution in [0, 0.1) is 5.92 Å². The molecule has 0 rings (SSSR count). The van der Waals surface area contributed by atoms with Crippen LogP contribution in [-0.2, 0) is 4.43 Å². The second-order valence-electron chi connectivity index (χ2n) is 6.84. The van der Waals surface area contributed by atoms with Gasteiger partial charge in [0.05, 0.1) is 0 Å². The first-order chi connectivity index (χ1) is 10.1. The minimum absolute atomic E-state index is 0.530. The summed E-state index contributed by atoms with van der Waals surface area (Å²) in [5, 5.41) is 0. The Balaban J connectivity index is 4.66. The van der Waals surface area contributed by atoms with E-state index in [9.17, 15) is 0 Å². The molecule has 1 nitrogen and oxygen atoms in total. The lowest BCUT2D eigenvalue weighted by Crippen LogP contribution is -2.41. The molecule has 0 aromatic rings. The van der Waals surface area contributed by atoms with Crippen molar-refractivity contribution in [3.05, 3.63) is 0 Å². The molecular weight excluding hydrogens is 272 g/mol. The Morgan fingerprint density at radius 3 is 1.48 bits per heavy atom. The van der Waals surface area contributed by atoms with Crippen LogP contribution in [0.25, 0.3) is 0 Å². The second-order valence-corrected chi connectivity index (χ2v) is 10.9. The fourth-order valence-corrected chi connectivity index (χ4v) is 8.57. The van der Waals surface area contributed by atoms with Crippen LogP contribution in [0.5, 0.6) is 0 Å². The Bertz CT molecular complexity index is 209. The van der Waals surface area contributed by atoms with Crippen LogP contribution in [-0.4, -0.2) is 14.4 Å². The molecule has 0 saturated carbocycles. The summed E-state index contributed by atoms with van der Waals surface area (Å²) in [5.41, 5.74) is 0. The summed E-state index contributed by atoms with van der Waals surface area (Å²) in [4.78, 5) is 0. The van der Waals surface area contributed by atoms with E-state index in [1.807, 2.05) is 0 Å². The Labute approximate surface area is 136 Å². The maximum atomic E-state index is 6.89. The van der Waals surface area contributed by atoms with Crippen molar-refractivity contribution in [2.45, 2.75) is 117 Å². The third-order valence-electron chi connectivity index (χ3n) is 5.04. The molecule has 0 aliphatic heterocycles. The van der Waals surface area contributed by atoms with Gasteiger partial charge in [0.25, 0.3) is 0 Å². The van der Waals surface area contributed by atoms with Crippen molar-refractivity contribution in [1.82, 2.24) is 0 Å². The topological polar surface area (TPSA) is 9.23 Å². The molecule has 1 unspecified atom stereocenters. The minimum atomic E-state index is -1.47. The minimum Gasteiger partial charge on any atom is -0.414 e. The molecule has 128 valence electrons. The molecule has 0 aromatic heterocycles. The Morgan fingerprint density at radius 1 is 0.667 bits per heavy atom. The Hall–Kier alpha value is 0.177. The Kier molecular flexibility index (Phi) is 12.8. The third-order valence-corrected chi connectivity index (χ3v) is 10.1. The predicted molar refractivity (Wildman–Crippen MR) is 99.5 cm³/mol. The van der Waals surface area contributed by atoms with Crippen LogP contribution >= 0.6 is 0 Å². The maximum absolute atomic E-state index is 6.89. The molecule has 0 fully saturated rings. The lowest BCUT2D eigenvalue weighted by molar-refractivity contribution is 0.159. The zero-order valence-electron chi connectivity index (χ0n) is 15.8. The SMILES string of the molecule is CCC[Si](CCC)(CCC)OC(CC)CCC(CC)CC. The average Bonchev–Trinajstić information content (AvgIpc) is 2.48. The van der Waals surface area contributed by atoms with Gasteiger partial charge in [-0.05, 0) is 43.3 Å². The van der Waals surface area contributed by atoms with Crippen molar-refractivity contribution < 1.29 is 4.43 Å². The number of hydrogen-bond donors (Lipinski definition) is 0. The van der Waals surface area contributed by atoms with E-state index in [1.54, 1.807) is 0 Å². The Morgan fingerprint density at radius 2 is 1.14 bits per heavy atom. The molecule has 21 heavy (non-hydrogen) atoms. The van der Waals surface area contributed by atoms with E-state index in [0.717, 1.165) is 5.92 Å². The van der Waals surface area contributed by atoms with Gasteiger partial charge in [-0.1, -0.05) is 73.6 Å². The van der Waals surface area contributed by atoms with Crippen molar-refractivity contribution in [1.29, 1.82) is 0 Å². The van der Waals surface area contributed by atoms with Gasteiger partial charge >= 0.3 is 0 Å². The largest absolute Gasteiger partial charge is 0.414 e. The maximum Gasteiger partial charge on any atom is 0.193 e. The summed E-state index contributed by atoms with van der Waals surface area (Å²) in [6, 6.07) is 4.11. The molecule has 0 N–H and O–H groups in total. The molecule has 0 aliphatic rings. The second kappa shape index (κ2) is 12.7. The van der Waals surface area contributed by atoms with Gasteiger partial charge in [-0.25, -0.2) is 0 Å². The van der Waals surface area contributed by atoms with Gasteiger partial charge in [-0.2, -0.15) is 0 Å². The highest BCUT2D eigenvalue weighted by Gasteiger charge is 2.34. The van der Waals surface area contributed by atoms with E-state index >= 15 is 0 Å². The summed E-state index contributed by atoms with van der Waals surface area (Å²) in [7, 11) is -1.47. The summed E-state index contributed by atoms with van der Waals surface area (Å²) in [5.74, 6) is 0.905. The van der Waals surface area contributed by atoms with Crippen molar-refractivity contribution in [3.8, 4) is 0 Å². The van der Waals surface area contributed by atoms with E-state index < -0.39 is 8.32 Å². The van der Waals surface area contributed by atoms with Gasteiger partial charge in [-0.3, -0.25) is 0 Å². The average molecular weight is 315 g/mol. The van der Waals surface area contributed by atoms with Crippen LogP contribution < -0.4 is 0 Å². The van der Waals surface area contributed by atoms with Crippen molar-refractivity contribution >= 4 is 8.32 Å². The summed E-state index contributed by atoms with van der Waals surface area (Å²) in [6.07, 6.45) is 10.9. The molecule has 0 aliphatic carbocycles. The van der Waals surface area contributed by atoms with Crippen LogP contribution in [0.4, 0.5) is 0 Å². The lowest BCUT2D eigenvalue weighted by Gasteiger charge is -2.35. The van der Waals surface area contributed by atoms with Gasteiger partial charge in [0.15, 0.2) is 8.32 Å². The smallest absolute Gasteiger partial charge is 0.193 e. The standard InChI is InChI=1S/C19H42OSi/c1-7-15-21(16-8-2,17-9-3)20-19(12-6)14-13-18(10-4)11-5/h18-19H,7-17H2,1-6H3. The molecule has 1 atom stereocenters. The normalized spacial score (nSPS) is 13.9. The number of rotatable bonds is 14. The summed E-state index contributed by atoms with van der Waals surface area (Å²) < 4.78 is 6.89. The monoisotopic (exact) mass is 314 g/mol. The molecule has 0 saturated heterocycles. The first-order valence-electron chi connectivity index (χ1n) is 9.78. The van der Waals surface area contributed by atoms with Gasteiger partial charge in [-0.15, -0.1) is 0 Å². The van der Waals surface area contributed by atoms with Crippen molar-refractivity contribution in [2.75, 3.05) is 0 Å². The molecular formula is C19H42OSi. The van der Waals surface area contributed by atoms with Crippen LogP contribution in [0.3, 0.4) is 0 Å². The van der Waals surface area contributed by atoms with Gasteiger partial charge in [0.1, 0.15) is 0 Å². The number of hydrogen-bond acceptors (Lipinski definition) is 1. The molecule has 0 amide bonds. The fourth-order valence-electron chi connectivity index (χ4n) is 3.74. The molecule has 0 heterocycles. The van der Waals surface area contributed by atoms with E-state index in [0.29, 0.717) is 6.10 Å². The van der Waals surface area contributed by atoms with Crippen molar-refractivity contribution in [2.24, 2.45) is 5.92 Å². The fraction of sp³-hybridized carbons (Fsp3) is 1.00. The first kappa shape index (κ1) is 21.2. The summed E-state index contributed by atoms with van der Waals surface area (Å²) in [6.45, 7) is 14.0. The molecule has 0 bridgehead atoms. The van der Waals surface area contributed by atoms with Crippen LogP contribution in [0.1, 0.15) is 92.9 Å².